The van der Waals surface area contributed by atoms with Crippen LogP contribution >= 0.6 is 0 Å². The minimum Gasteiger partial charge on any atom is -0.272 e. The molecule has 0 radical (unpaired) electrons. The van der Waals surface area contributed by atoms with Crippen molar-refractivity contribution in [2.45, 2.75) is 6.92 Å². The van der Waals surface area contributed by atoms with Gasteiger partial charge in [-0.15, -0.1) is 0 Å². The van der Waals surface area contributed by atoms with Gasteiger partial charge in [0.2, 0.25) is 0 Å². The van der Waals surface area contributed by atoms with Crippen LogP contribution in [0.2, 0.25) is 0 Å². The number of anilines is 1. The molecule has 1 aromatic carbocycles. The van der Waals surface area contributed by atoms with Crippen molar-refractivity contribution in [1.82, 2.24) is 0 Å². The molecule has 1 unspecified atom stereocenters. The highest BCUT2D eigenvalue weighted by Crippen LogP contribution is 2.22. The molecule has 1 aromatic rings. The zero-order valence-electron chi connectivity index (χ0n) is 7.43. The second-order valence-electron chi connectivity index (χ2n) is 3.16. The monoisotopic (exact) mass is 177 g/mol. The van der Waals surface area contributed by atoms with E-state index in [1.54, 1.807) is 0 Å². The summed E-state index contributed by atoms with van der Waals surface area (Å²) in [5.74, 6) is 0.00593. The van der Waals surface area contributed by atoms with E-state index in [2.05, 4.69) is 0 Å². The fraction of sp³-hybridized carbons (Fsp3) is 0.300. The third-order valence-electron chi connectivity index (χ3n) is 2.07. The number of carbonyl (C=O) groups excluding carboxylic acids is 1. The summed E-state index contributed by atoms with van der Waals surface area (Å²) in [4.78, 5) is 16.8. The molecule has 0 bridgehead atoms. The van der Waals surface area contributed by atoms with Crippen LogP contribution in [-0.2, 0) is 9.63 Å². The molecule has 1 fully saturated rings. The second-order valence-corrected chi connectivity index (χ2v) is 3.16. The number of carbonyl (C=O) groups is 1. The maximum absolute atomic E-state index is 11.5. The Hall–Kier alpha value is -1.35. The van der Waals surface area contributed by atoms with E-state index in [1.807, 2.05) is 37.3 Å². The van der Waals surface area contributed by atoms with Crippen LogP contribution in [0.25, 0.3) is 0 Å². The Morgan fingerprint density at radius 1 is 1.38 bits per heavy atom. The number of para-hydroxylation sites is 1. The Balaban J connectivity index is 2.24. The maximum atomic E-state index is 11.5. The van der Waals surface area contributed by atoms with Crippen LogP contribution < -0.4 is 5.06 Å². The van der Waals surface area contributed by atoms with Gasteiger partial charge in [-0.05, 0) is 12.1 Å². The molecule has 13 heavy (non-hydrogen) atoms. The van der Waals surface area contributed by atoms with Crippen molar-refractivity contribution in [2.24, 2.45) is 5.92 Å². The molecule has 1 atom stereocenters. The molecule has 1 heterocycles. The van der Waals surface area contributed by atoms with E-state index >= 15 is 0 Å². The molecule has 3 nitrogen and oxygen atoms in total. The van der Waals surface area contributed by atoms with Crippen molar-refractivity contribution in [1.29, 1.82) is 0 Å². The summed E-state index contributed by atoms with van der Waals surface area (Å²) in [7, 11) is 0. The summed E-state index contributed by atoms with van der Waals surface area (Å²) >= 11 is 0. The first-order valence-corrected chi connectivity index (χ1v) is 4.31. The van der Waals surface area contributed by atoms with Gasteiger partial charge in [-0.1, -0.05) is 25.1 Å². The van der Waals surface area contributed by atoms with Crippen LogP contribution in [-0.4, -0.2) is 12.5 Å². The Labute approximate surface area is 76.9 Å². The highest BCUT2D eigenvalue weighted by Gasteiger charge is 2.30. The quantitative estimate of drug-likeness (QED) is 0.652. The molecule has 0 aromatic heterocycles. The van der Waals surface area contributed by atoms with E-state index < -0.39 is 0 Å². The van der Waals surface area contributed by atoms with Gasteiger partial charge in [-0.3, -0.25) is 9.63 Å². The fourth-order valence-corrected chi connectivity index (χ4v) is 1.29. The molecule has 0 saturated carbocycles. The summed E-state index contributed by atoms with van der Waals surface area (Å²) in [5.41, 5.74) is 0.803. The summed E-state index contributed by atoms with van der Waals surface area (Å²) in [6.45, 7) is 2.35. The van der Waals surface area contributed by atoms with Crippen LogP contribution in [0.1, 0.15) is 6.92 Å². The molecule has 0 spiro atoms. The number of rotatable bonds is 1. The minimum absolute atomic E-state index is 0.0276. The SMILES string of the molecule is CC1CON(c2ccccc2)C1=O. The van der Waals surface area contributed by atoms with Crippen molar-refractivity contribution >= 4 is 11.6 Å². The summed E-state index contributed by atoms with van der Waals surface area (Å²) in [6.07, 6.45) is 0. The Morgan fingerprint density at radius 2 is 2.08 bits per heavy atom. The fourth-order valence-electron chi connectivity index (χ4n) is 1.29. The maximum Gasteiger partial charge on any atom is 0.256 e. The minimum atomic E-state index is -0.0276. The van der Waals surface area contributed by atoms with E-state index in [9.17, 15) is 4.79 Å². The number of nitrogens with zero attached hydrogens (tertiary/aromatic N) is 1. The van der Waals surface area contributed by atoms with Gasteiger partial charge in [0.15, 0.2) is 0 Å². The van der Waals surface area contributed by atoms with E-state index in [1.165, 1.54) is 5.06 Å². The first-order valence-electron chi connectivity index (χ1n) is 4.31. The molecule has 0 N–H and O–H groups in total. The Bertz CT molecular complexity index is 310. The Morgan fingerprint density at radius 3 is 2.62 bits per heavy atom. The largest absolute Gasteiger partial charge is 0.272 e. The zero-order valence-corrected chi connectivity index (χ0v) is 7.43. The normalized spacial score (nSPS) is 22.4. The first-order chi connectivity index (χ1) is 6.29. The van der Waals surface area contributed by atoms with Crippen LogP contribution in [0, 0.1) is 5.92 Å². The summed E-state index contributed by atoms with van der Waals surface area (Å²) < 4.78 is 0. The lowest BCUT2D eigenvalue weighted by atomic mass is 10.2. The van der Waals surface area contributed by atoms with Gasteiger partial charge in [0.1, 0.15) is 0 Å². The van der Waals surface area contributed by atoms with Crippen LogP contribution in [0.4, 0.5) is 5.69 Å². The Kier molecular flexibility index (Phi) is 2.02. The lowest BCUT2D eigenvalue weighted by Gasteiger charge is -2.13. The lowest BCUT2D eigenvalue weighted by molar-refractivity contribution is -0.121. The molecular formula is C10H11NO2. The molecule has 2 rings (SSSR count). The predicted molar refractivity (Wildman–Crippen MR) is 49.0 cm³/mol. The first kappa shape index (κ1) is 8.26. The molecule has 3 heteroatoms. The van der Waals surface area contributed by atoms with E-state index in [0.717, 1.165) is 5.69 Å². The highest BCUT2D eigenvalue weighted by molar-refractivity contribution is 5.94. The van der Waals surface area contributed by atoms with Gasteiger partial charge in [0.25, 0.3) is 5.91 Å². The average Bonchev–Trinajstić information content (AvgIpc) is 2.49. The van der Waals surface area contributed by atoms with Crippen molar-refractivity contribution < 1.29 is 9.63 Å². The van der Waals surface area contributed by atoms with E-state index in [-0.39, 0.29) is 11.8 Å². The van der Waals surface area contributed by atoms with Crippen LogP contribution in [0.5, 0.6) is 0 Å². The molecule has 1 amide bonds. The summed E-state index contributed by atoms with van der Waals surface area (Å²) in [5, 5.41) is 1.37. The van der Waals surface area contributed by atoms with Crippen molar-refractivity contribution in [3.63, 3.8) is 0 Å². The van der Waals surface area contributed by atoms with Gasteiger partial charge in [0.05, 0.1) is 18.2 Å². The molecule has 0 aliphatic carbocycles. The van der Waals surface area contributed by atoms with Gasteiger partial charge >= 0.3 is 0 Å². The highest BCUT2D eigenvalue weighted by atomic mass is 16.7. The second kappa shape index (κ2) is 3.18. The molecule has 1 aliphatic heterocycles. The molecule has 1 saturated heterocycles. The van der Waals surface area contributed by atoms with Crippen molar-refractivity contribution in [3.8, 4) is 0 Å². The predicted octanol–water partition coefficient (Wildman–Crippen LogP) is 1.60. The van der Waals surface area contributed by atoms with Crippen molar-refractivity contribution in [2.75, 3.05) is 11.7 Å². The standard InChI is InChI=1S/C10H11NO2/c1-8-7-13-11(10(8)12)9-5-3-2-4-6-9/h2-6,8H,7H2,1H3. The number of hydroxylamine groups is 1. The van der Waals surface area contributed by atoms with Crippen molar-refractivity contribution in [3.05, 3.63) is 30.3 Å². The number of benzene rings is 1. The molecule has 1 aliphatic rings. The summed E-state index contributed by atoms with van der Waals surface area (Å²) in [6, 6.07) is 9.39. The van der Waals surface area contributed by atoms with Gasteiger partial charge in [0, 0.05) is 0 Å². The number of amides is 1. The average molecular weight is 177 g/mol. The molecular weight excluding hydrogens is 166 g/mol. The molecule has 68 valence electrons. The third kappa shape index (κ3) is 1.42. The van der Waals surface area contributed by atoms with Gasteiger partial charge in [-0.25, -0.2) is 0 Å². The van der Waals surface area contributed by atoms with E-state index in [4.69, 9.17) is 4.84 Å². The number of hydrogen-bond acceptors (Lipinski definition) is 2. The smallest absolute Gasteiger partial charge is 0.256 e. The topological polar surface area (TPSA) is 29.5 Å². The lowest BCUT2D eigenvalue weighted by Crippen LogP contribution is -2.24. The van der Waals surface area contributed by atoms with Gasteiger partial charge < -0.3 is 0 Å². The van der Waals surface area contributed by atoms with E-state index in [0.29, 0.717) is 6.61 Å². The van der Waals surface area contributed by atoms with Gasteiger partial charge in [-0.2, -0.15) is 5.06 Å². The zero-order chi connectivity index (χ0) is 9.26. The van der Waals surface area contributed by atoms with Crippen LogP contribution in [0.3, 0.4) is 0 Å². The van der Waals surface area contributed by atoms with Crippen LogP contribution in [0.15, 0.2) is 30.3 Å². The third-order valence-corrected chi connectivity index (χ3v) is 2.07. The number of hydrogen-bond donors (Lipinski definition) is 0.